The van der Waals surface area contributed by atoms with Gasteiger partial charge < -0.3 is 10.4 Å². The van der Waals surface area contributed by atoms with E-state index in [1.54, 1.807) is 0 Å². The van der Waals surface area contributed by atoms with Gasteiger partial charge >= 0.3 is 5.97 Å². The van der Waals surface area contributed by atoms with Crippen LogP contribution in [0, 0.1) is 11.8 Å². The maximum Gasteiger partial charge on any atom is 0.303 e. The van der Waals surface area contributed by atoms with Crippen molar-refractivity contribution in [3.8, 4) is 0 Å². The monoisotopic (exact) mass is 299 g/mol. The van der Waals surface area contributed by atoms with Gasteiger partial charge in [0.2, 0.25) is 0 Å². The summed E-state index contributed by atoms with van der Waals surface area (Å²) in [5, 5.41) is 15.6. The second-order valence-corrected chi connectivity index (χ2v) is 5.96. The van der Waals surface area contributed by atoms with Gasteiger partial charge in [0.1, 0.15) is 4.88 Å². The van der Waals surface area contributed by atoms with Crippen molar-refractivity contribution in [2.24, 2.45) is 11.8 Å². The molecule has 7 heteroatoms. The number of aromatic nitrogens is 2. The number of aryl methyl sites for hydroxylation is 1. The molecule has 0 fully saturated rings. The molecule has 1 aromatic heterocycles. The summed E-state index contributed by atoms with van der Waals surface area (Å²) in [6.45, 7) is 6.36. The molecule has 0 aromatic carbocycles. The van der Waals surface area contributed by atoms with Crippen LogP contribution in [0.2, 0.25) is 0 Å². The first-order valence-corrected chi connectivity index (χ1v) is 7.52. The average Bonchev–Trinajstić information content (AvgIpc) is 2.82. The van der Waals surface area contributed by atoms with Crippen molar-refractivity contribution in [1.29, 1.82) is 0 Å². The third kappa shape index (κ3) is 5.24. The molecular formula is C13H21N3O3S. The maximum atomic E-state index is 12.0. The Hall–Kier alpha value is -1.50. The van der Waals surface area contributed by atoms with Crippen LogP contribution in [0.3, 0.4) is 0 Å². The number of carbonyl (C=O) groups is 2. The van der Waals surface area contributed by atoms with Gasteiger partial charge in [-0.15, -0.1) is 5.10 Å². The highest BCUT2D eigenvalue weighted by molar-refractivity contribution is 7.08. The number of carboxylic acids is 1. The molecule has 0 aliphatic carbocycles. The minimum absolute atomic E-state index is 0.0533. The topological polar surface area (TPSA) is 92.2 Å². The average molecular weight is 299 g/mol. The number of amides is 1. The van der Waals surface area contributed by atoms with Crippen LogP contribution in [0.5, 0.6) is 0 Å². The predicted molar refractivity (Wildman–Crippen MR) is 76.8 cm³/mol. The van der Waals surface area contributed by atoms with Gasteiger partial charge in [-0.2, -0.15) is 0 Å². The highest BCUT2D eigenvalue weighted by Gasteiger charge is 2.19. The maximum absolute atomic E-state index is 12.0. The molecule has 6 nitrogen and oxygen atoms in total. The Kier molecular flexibility index (Phi) is 6.57. The Morgan fingerprint density at radius 2 is 2.10 bits per heavy atom. The van der Waals surface area contributed by atoms with Crippen molar-refractivity contribution in [3.63, 3.8) is 0 Å². The summed E-state index contributed by atoms with van der Waals surface area (Å²) in [5.41, 5.74) is 0.686. The van der Waals surface area contributed by atoms with Gasteiger partial charge in [0.15, 0.2) is 0 Å². The van der Waals surface area contributed by atoms with E-state index in [-0.39, 0.29) is 18.2 Å². The SMILES string of the molecule is CCc1nnsc1C(=O)NCC(CC(=O)O)CC(C)C. The number of carboxylic acid groups (broad SMARTS) is 1. The van der Waals surface area contributed by atoms with E-state index >= 15 is 0 Å². The van der Waals surface area contributed by atoms with E-state index in [4.69, 9.17) is 5.11 Å². The molecule has 0 saturated carbocycles. The summed E-state index contributed by atoms with van der Waals surface area (Å²) in [6.07, 6.45) is 1.50. The van der Waals surface area contributed by atoms with E-state index in [9.17, 15) is 9.59 Å². The quantitative estimate of drug-likeness (QED) is 0.765. The lowest BCUT2D eigenvalue weighted by Gasteiger charge is -2.17. The molecule has 0 aliphatic rings. The van der Waals surface area contributed by atoms with Gasteiger partial charge in [-0.3, -0.25) is 9.59 Å². The standard InChI is InChI=1S/C13H21N3O3S/c1-4-10-12(20-16-15-10)13(19)14-7-9(5-8(2)3)6-11(17)18/h8-9H,4-7H2,1-3H3,(H,14,19)(H,17,18). The fourth-order valence-electron chi connectivity index (χ4n) is 2.08. The molecule has 1 aromatic rings. The van der Waals surface area contributed by atoms with E-state index in [1.807, 2.05) is 20.8 Å². The molecule has 1 heterocycles. The second-order valence-electron chi connectivity index (χ2n) is 5.21. The Labute approximate surface area is 122 Å². The number of hydrogen-bond donors (Lipinski definition) is 2. The molecule has 0 saturated heterocycles. The lowest BCUT2D eigenvalue weighted by Crippen LogP contribution is -2.31. The van der Waals surface area contributed by atoms with E-state index < -0.39 is 5.97 Å². The van der Waals surface area contributed by atoms with Crippen molar-refractivity contribution in [3.05, 3.63) is 10.6 Å². The summed E-state index contributed by atoms with van der Waals surface area (Å²) in [6, 6.07) is 0. The fourth-order valence-corrected chi connectivity index (χ4v) is 2.75. The molecule has 20 heavy (non-hydrogen) atoms. The summed E-state index contributed by atoms with van der Waals surface area (Å²) in [7, 11) is 0. The smallest absolute Gasteiger partial charge is 0.303 e. The minimum atomic E-state index is -0.835. The van der Waals surface area contributed by atoms with Crippen molar-refractivity contribution in [1.82, 2.24) is 14.9 Å². The van der Waals surface area contributed by atoms with Crippen LogP contribution in [0.1, 0.15) is 49.0 Å². The Morgan fingerprint density at radius 1 is 1.40 bits per heavy atom. The van der Waals surface area contributed by atoms with E-state index in [1.165, 1.54) is 0 Å². The Balaban J connectivity index is 2.58. The van der Waals surface area contributed by atoms with Crippen LogP contribution < -0.4 is 5.32 Å². The second kappa shape index (κ2) is 7.94. The zero-order valence-electron chi connectivity index (χ0n) is 12.0. The largest absolute Gasteiger partial charge is 0.481 e. The zero-order chi connectivity index (χ0) is 15.1. The van der Waals surface area contributed by atoms with Crippen LogP contribution in [0.15, 0.2) is 0 Å². The van der Waals surface area contributed by atoms with Crippen molar-refractivity contribution >= 4 is 23.4 Å². The molecule has 2 N–H and O–H groups in total. The number of carbonyl (C=O) groups excluding carboxylic acids is 1. The number of aliphatic carboxylic acids is 1. The van der Waals surface area contributed by atoms with E-state index in [0.717, 1.165) is 18.0 Å². The van der Waals surface area contributed by atoms with Gasteiger partial charge in [-0.05, 0) is 36.2 Å². The number of rotatable bonds is 8. The Bertz CT molecular complexity index is 459. The van der Waals surface area contributed by atoms with Crippen molar-refractivity contribution < 1.29 is 14.7 Å². The summed E-state index contributed by atoms with van der Waals surface area (Å²) < 4.78 is 3.77. The third-order valence-electron chi connectivity index (χ3n) is 2.92. The number of nitrogens with one attached hydrogen (secondary N) is 1. The van der Waals surface area contributed by atoms with Gasteiger partial charge in [-0.1, -0.05) is 25.3 Å². The molecule has 0 spiro atoms. The molecule has 1 rings (SSSR count). The molecule has 1 unspecified atom stereocenters. The van der Waals surface area contributed by atoms with Crippen molar-refractivity contribution in [2.45, 2.75) is 40.0 Å². The van der Waals surface area contributed by atoms with Crippen LogP contribution in [0.25, 0.3) is 0 Å². The molecule has 1 amide bonds. The first-order chi connectivity index (χ1) is 9.43. The first-order valence-electron chi connectivity index (χ1n) is 6.75. The Morgan fingerprint density at radius 3 is 2.65 bits per heavy atom. The van der Waals surface area contributed by atoms with E-state index in [2.05, 4.69) is 14.9 Å². The van der Waals surface area contributed by atoms with Crippen molar-refractivity contribution in [2.75, 3.05) is 6.54 Å². The summed E-state index contributed by atoms with van der Waals surface area (Å²) in [4.78, 5) is 23.4. The van der Waals surface area contributed by atoms with Gasteiger partial charge in [-0.25, -0.2) is 0 Å². The van der Waals surface area contributed by atoms with Gasteiger partial charge in [0.25, 0.3) is 5.91 Å². The molecular weight excluding hydrogens is 278 g/mol. The predicted octanol–water partition coefficient (Wildman–Crippen LogP) is 1.97. The number of hydrogen-bond acceptors (Lipinski definition) is 5. The zero-order valence-corrected chi connectivity index (χ0v) is 12.9. The molecule has 112 valence electrons. The van der Waals surface area contributed by atoms with Gasteiger partial charge in [0, 0.05) is 13.0 Å². The highest BCUT2D eigenvalue weighted by atomic mass is 32.1. The molecule has 0 aliphatic heterocycles. The first kappa shape index (κ1) is 16.6. The lowest BCUT2D eigenvalue weighted by atomic mass is 9.94. The summed E-state index contributed by atoms with van der Waals surface area (Å²) in [5.74, 6) is -0.704. The van der Waals surface area contributed by atoms with Crippen LogP contribution in [-0.4, -0.2) is 33.1 Å². The van der Waals surface area contributed by atoms with Crippen LogP contribution >= 0.6 is 11.5 Å². The number of nitrogens with zero attached hydrogens (tertiary/aromatic N) is 2. The normalized spacial score (nSPS) is 12.4. The molecule has 0 radical (unpaired) electrons. The summed E-state index contributed by atoms with van der Waals surface area (Å²) >= 11 is 1.07. The minimum Gasteiger partial charge on any atom is -0.481 e. The van der Waals surface area contributed by atoms with Crippen LogP contribution in [0.4, 0.5) is 0 Å². The lowest BCUT2D eigenvalue weighted by molar-refractivity contribution is -0.138. The molecule has 1 atom stereocenters. The van der Waals surface area contributed by atoms with E-state index in [0.29, 0.717) is 29.5 Å². The highest BCUT2D eigenvalue weighted by Crippen LogP contribution is 2.16. The van der Waals surface area contributed by atoms with Crippen LogP contribution in [-0.2, 0) is 11.2 Å². The van der Waals surface area contributed by atoms with Gasteiger partial charge in [0.05, 0.1) is 5.69 Å². The fraction of sp³-hybridized carbons (Fsp3) is 0.692. The molecule has 0 bridgehead atoms. The third-order valence-corrected chi connectivity index (χ3v) is 3.68.